The van der Waals surface area contributed by atoms with Crippen LogP contribution in [-0.2, 0) is 19.2 Å². The van der Waals surface area contributed by atoms with Crippen LogP contribution in [0.2, 0.25) is 0 Å². The van der Waals surface area contributed by atoms with E-state index in [1.54, 1.807) is 20.8 Å². The Kier molecular flexibility index (Phi) is 5.07. The molecular weight excluding hydrogens is 312 g/mol. The Morgan fingerprint density at radius 2 is 1.86 bits per heavy atom. The molecule has 0 aliphatic rings. The van der Waals surface area contributed by atoms with Crippen LogP contribution in [0.3, 0.4) is 0 Å². The first-order valence-electron chi connectivity index (χ1n) is 6.25. The number of carbonyl (C=O) groups is 2. The Bertz CT molecular complexity index is 603. The minimum absolute atomic E-state index is 0.0929. The molecule has 0 saturated carbocycles. The number of nitrogens with zero attached hydrogens (tertiary/aromatic N) is 3. The molecule has 0 saturated heterocycles. The van der Waals surface area contributed by atoms with Crippen LogP contribution >= 0.6 is 11.5 Å². The minimum Gasteiger partial charge on any atom is -0.476 e. The van der Waals surface area contributed by atoms with Crippen molar-refractivity contribution >= 4 is 34.3 Å². The van der Waals surface area contributed by atoms with Gasteiger partial charge in [-0.25, -0.2) is 9.59 Å². The molecule has 1 aromatic heterocycles. The van der Waals surface area contributed by atoms with Crippen molar-refractivity contribution in [3.8, 4) is 0 Å². The van der Waals surface area contributed by atoms with E-state index in [1.165, 1.54) is 13.8 Å². The van der Waals surface area contributed by atoms with Gasteiger partial charge in [-0.2, -0.15) is 9.36 Å². The van der Waals surface area contributed by atoms with Crippen molar-refractivity contribution in [2.45, 2.75) is 45.8 Å². The van der Waals surface area contributed by atoms with Gasteiger partial charge in [0.25, 0.3) is 0 Å². The number of ether oxygens (including phenoxy) is 1. The summed E-state index contributed by atoms with van der Waals surface area (Å²) >= 11 is 0.823. The number of nitrogen functional groups attached to an aromatic ring is 1. The summed E-state index contributed by atoms with van der Waals surface area (Å²) in [4.78, 5) is 31.9. The third-order valence-electron chi connectivity index (χ3n) is 2.11. The molecule has 0 atom stereocenters. The Morgan fingerprint density at radius 3 is 2.27 bits per heavy atom. The Hall–Kier alpha value is -2.23. The number of oxime groups is 1. The molecule has 22 heavy (non-hydrogen) atoms. The summed E-state index contributed by atoms with van der Waals surface area (Å²) in [5, 5.41) is 12.7. The standard InChI is InChI=1S/C12H18N4O5S/c1-11(2,3)20-9(19)12(4,5)21-15-6(8(17)18)7-14-10(13)22-16-7/h1-5H3,(H,17,18)(H2,13,14,16)/b15-6-. The molecule has 0 aromatic carbocycles. The quantitative estimate of drug-likeness (QED) is 0.464. The molecule has 1 rings (SSSR count). The van der Waals surface area contributed by atoms with Gasteiger partial charge in [-0.15, -0.1) is 0 Å². The maximum atomic E-state index is 12.0. The topological polar surface area (TPSA) is 137 Å². The van der Waals surface area contributed by atoms with Crippen LogP contribution in [0.1, 0.15) is 40.4 Å². The van der Waals surface area contributed by atoms with E-state index in [1.807, 2.05) is 0 Å². The van der Waals surface area contributed by atoms with E-state index in [4.69, 9.17) is 20.4 Å². The fourth-order valence-electron chi connectivity index (χ4n) is 1.10. The molecule has 0 spiro atoms. The van der Waals surface area contributed by atoms with Gasteiger partial charge in [-0.1, -0.05) is 5.16 Å². The van der Waals surface area contributed by atoms with E-state index in [9.17, 15) is 9.59 Å². The van der Waals surface area contributed by atoms with E-state index < -0.39 is 28.9 Å². The summed E-state index contributed by atoms with van der Waals surface area (Å²) in [5.74, 6) is -2.27. The van der Waals surface area contributed by atoms with Gasteiger partial charge in [0.1, 0.15) is 5.60 Å². The highest BCUT2D eigenvalue weighted by Gasteiger charge is 2.36. The molecular formula is C12H18N4O5S. The number of carboxylic acid groups (broad SMARTS) is 1. The Balaban J connectivity index is 2.94. The highest BCUT2D eigenvalue weighted by atomic mass is 32.1. The molecule has 0 fully saturated rings. The van der Waals surface area contributed by atoms with Gasteiger partial charge >= 0.3 is 11.9 Å². The SMILES string of the molecule is CC(C)(C)OC(=O)C(C)(C)O/N=C(\C(=O)O)c1nsc(N)n1. The van der Waals surface area contributed by atoms with Crippen LogP contribution in [0.4, 0.5) is 5.13 Å². The molecule has 10 heteroatoms. The van der Waals surface area contributed by atoms with Crippen molar-refractivity contribution in [2.24, 2.45) is 5.16 Å². The molecule has 122 valence electrons. The molecule has 1 heterocycles. The number of aliphatic carboxylic acids is 1. The third-order valence-corrected chi connectivity index (χ3v) is 2.65. The first-order chi connectivity index (χ1) is 9.92. The number of hydrogen-bond acceptors (Lipinski definition) is 9. The van der Waals surface area contributed by atoms with E-state index in [0.717, 1.165) is 11.5 Å². The van der Waals surface area contributed by atoms with Crippen molar-refractivity contribution in [1.82, 2.24) is 9.36 Å². The fourth-order valence-corrected chi connectivity index (χ4v) is 1.54. The summed E-state index contributed by atoms with van der Waals surface area (Å²) in [6, 6.07) is 0. The van der Waals surface area contributed by atoms with Gasteiger partial charge in [-0.3, -0.25) is 0 Å². The van der Waals surface area contributed by atoms with Gasteiger partial charge in [0.15, 0.2) is 5.13 Å². The highest BCUT2D eigenvalue weighted by molar-refractivity contribution is 7.09. The second kappa shape index (κ2) is 6.26. The van der Waals surface area contributed by atoms with Crippen molar-refractivity contribution in [3.05, 3.63) is 5.82 Å². The maximum absolute atomic E-state index is 12.0. The number of esters is 1. The minimum atomic E-state index is -1.48. The van der Waals surface area contributed by atoms with E-state index >= 15 is 0 Å². The molecule has 0 amide bonds. The smallest absolute Gasteiger partial charge is 0.362 e. The predicted molar refractivity (Wildman–Crippen MR) is 79.5 cm³/mol. The normalized spacial score (nSPS) is 12.9. The van der Waals surface area contributed by atoms with Crippen LogP contribution in [0, 0.1) is 0 Å². The molecule has 0 aliphatic carbocycles. The first kappa shape index (κ1) is 17.8. The Morgan fingerprint density at radius 1 is 1.27 bits per heavy atom. The summed E-state index contributed by atoms with van der Waals surface area (Å²) in [6.07, 6.45) is 0. The van der Waals surface area contributed by atoms with Crippen molar-refractivity contribution in [1.29, 1.82) is 0 Å². The summed E-state index contributed by atoms with van der Waals surface area (Å²) in [7, 11) is 0. The van der Waals surface area contributed by atoms with Crippen molar-refractivity contribution in [2.75, 3.05) is 5.73 Å². The van der Waals surface area contributed by atoms with Crippen molar-refractivity contribution in [3.63, 3.8) is 0 Å². The van der Waals surface area contributed by atoms with Crippen LogP contribution in [0.25, 0.3) is 0 Å². The lowest BCUT2D eigenvalue weighted by Crippen LogP contribution is -2.40. The zero-order chi connectivity index (χ0) is 17.1. The predicted octanol–water partition coefficient (Wildman–Crippen LogP) is 1.05. The van der Waals surface area contributed by atoms with E-state index in [-0.39, 0.29) is 11.0 Å². The van der Waals surface area contributed by atoms with Gasteiger partial charge in [0.05, 0.1) is 0 Å². The zero-order valence-corrected chi connectivity index (χ0v) is 13.7. The average Bonchev–Trinajstić information content (AvgIpc) is 2.73. The van der Waals surface area contributed by atoms with Gasteiger partial charge < -0.3 is 20.4 Å². The molecule has 9 nitrogen and oxygen atoms in total. The van der Waals surface area contributed by atoms with Gasteiger partial charge in [-0.05, 0) is 34.6 Å². The van der Waals surface area contributed by atoms with Gasteiger partial charge in [0.2, 0.25) is 17.1 Å². The second-order valence-corrected chi connectivity index (χ2v) is 6.59. The highest BCUT2D eigenvalue weighted by Crippen LogP contribution is 2.18. The maximum Gasteiger partial charge on any atom is 0.362 e. The molecule has 0 radical (unpaired) electrons. The number of anilines is 1. The molecule has 0 unspecified atom stereocenters. The second-order valence-electron chi connectivity index (χ2n) is 5.80. The third kappa shape index (κ3) is 4.95. The van der Waals surface area contributed by atoms with Crippen LogP contribution in [0.15, 0.2) is 5.16 Å². The number of carbonyl (C=O) groups excluding carboxylic acids is 1. The Labute approximate surface area is 131 Å². The van der Waals surface area contributed by atoms with E-state index in [0.29, 0.717) is 0 Å². The van der Waals surface area contributed by atoms with E-state index in [2.05, 4.69) is 14.5 Å². The fraction of sp³-hybridized carbons (Fsp3) is 0.583. The number of nitrogens with two attached hydrogens (primary N) is 1. The molecule has 0 bridgehead atoms. The number of hydrogen-bond donors (Lipinski definition) is 2. The lowest BCUT2D eigenvalue weighted by molar-refractivity contribution is -0.179. The lowest BCUT2D eigenvalue weighted by atomic mass is 10.1. The van der Waals surface area contributed by atoms with Crippen LogP contribution in [-0.4, -0.2) is 43.3 Å². The number of aromatic nitrogens is 2. The molecule has 3 N–H and O–H groups in total. The zero-order valence-electron chi connectivity index (χ0n) is 12.9. The van der Waals surface area contributed by atoms with Gasteiger partial charge in [0, 0.05) is 11.5 Å². The summed E-state index contributed by atoms with van der Waals surface area (Å²) < 4.78 is 8.92. The average molecular weight is 330 g/mol. The largest absolute Gasteiger partial charge is 0.476 e. The van der Waals surface area contributed by atoms with Crippen LogP contribution < -0.4 is 5.73 Å². The number of carboxylic acids is 1. The lowest BCUT2D eigenvalue weighted by Gasteiger charge is -2.26. The molecule has 1 aromatic rings. The summed E-state index contributed by atoms with van der Waals surface area (Å²) in [5.41, 5.74) is 2.66. The van der Waals surface area contributed by atoms with Crippen LogP contribution in [0.5, 0.6) is 0 Å². The first-order valence-corrected chi connectivity index (χ1v) is 7.02. The monoisotopic (exact) mass is 330 g/mol. The molecule has 0 aliphatic heterocycles. The van der Waals surface area contributed by atoms with Crippen molar-refractivity contribution < 1.29 is 24.3 Å². The number of rotatable bonds is 5. The summed E-state index contributed by atoms with van der Waals surface area (Å²) in [6.45, 7) is 7.93.